The fourth-order valence-corrected chi connectivity index (χ4v) is 3.78. The Morgan fingerprint density at radius 3 is 2.33 bits per heavy atom. The number of para-hydroxylation sites is 1. The lowest BCUT2D eigenvalue weighted by molar-refractivity contribution is 0.0933. The zero-order valence-corrected chi connectivity index (χ0v) is 18.6. The van der Waals surface area contributed by atoms with Crippen molar-refractivity contribution in [3.8, 4) is 11.1 Å². The van der Waals surface area contributed by atoms with Crippen LogP contribution in [-0.2, 0) is 4.74 Å². The van der Waals surface area contributed by atoms with Gasteiger partial charge in [-0.1, -0.05) is 48.5 Å². The molecule has 0 bridgehead atoms. The van der Waals surface area contributed by atoms with Gasteiger partial charge < -0.3 is 25.7 Å². The van der Waals surface area contributed by atoms with E-state index in [1.54, 1.807) is 7.11 Å². The number of aromatic amines is 1. The van der Waals surface area contributed by atoms with E-state index < -0.39 is 0 Å². The molecule has 4 rings (SSSR count). The highest BCUT2D eigenvalue weighted by molar-refractivity contribution is 6.14. The second kappa shape index (κ2) is 10.0. The maximum absolute atomic E-state index is 13.0. The van der Waals surface area contributed by atoms with Gasteiger partial charge in [0.05, 0.1) is 17.8 Å². The molecule has 0 saturated heterocycles. The van der Waals surface area contributed by atoms with Crippen LogP contribution in [0.25, 0.3) is 22.0 Å². The van der Waals surface area contributed by atoms with Crippen LogP contribution in [0.3, 0.4) is 0 Å². The first-order valence-electron chi connectivity index (χ1n) is 10.7. The number of hydrogen-bond donors (Lipinski definition) is 4. The molecule has 1 heterocycles. The molecule has 0 unspecified atom stereocenters. The number of aromatic nitrogens is 1. The van der Waals surface area contributed by atoms with Crippen LogP contribution in [0, 0.1) is 6.92 Å². The van der Waals surface area contributed by atoms with Gasteiger partial charge in [0.2, 0.25) is 0 Å². The summed E-state index contributed by atoms with van der Waals surface area (Å²) in [4.78, 5) is 29.0. The zero-order valence-electron chi connectivity index (χ0n) is 18.6. The van der Waals surface area contributed by atoms with Crippen molar-refractivity contribution < 1.29 is 14.3 Å². The summed E-state index contributed by atoms with van der Waals surface area (Å²) in [6, 6.07) is 22.5. The quantitative estimate of drug-likeness (QED) is 0.298. The van der Waals surface area contributed by atoms with E-state index in [0.29, 0.717) is 35.7 Å². The summed E-state index contributed by atoms with van der Waals surface area (Å²) in [6.07, 6.45) is 0. The van der Waals surface area contributed by atoms with Gasteiger partial charge in [-0.15, -0.1) is 0 Å². The number of anilines is 2. The maximum Gasteiger partial charge on any atom is 0.323 e. The van der Waals surface area contributed by atoms with E-state index in [1.807, 2.05) is 79.7 Å². The first kappa shape index (κ1) is 22.1. The minimum absolute atomic E-state index is 0.237. The number of hydrogen-bond acceptors (Lipinski definition) is 3. The van der Waals surface area contributed by atoms with Crippen LogP contribution in [0.5, 0.6) is 0 Å². The summed E-state index contributed by atoms with van der Waals surface area (Å²) in [7, 11) is 1.59. The van der Waals surface area contributed by atoms with Gasteiger partial charge in [0.1, 0.15) is 5.69 Å². The summed E-state index contributed by atoms with van der Waals surface area (Å²) >= 11 is 0. The maximum atomic E-state index is 13.0. The highest BCUT2D eigenvalue weighted by Gasteiger charge is 2.21. The highest BCUT2D eigenvalue weighted by atomic mass is 16.5. The monoisotopic (exact) mass is 442 g/mol. The van der Waals surface area contributed by atoms with E-state index >= 15 is 0 Å². The molecule has 0 saturated carbocycles. The summed E-state index contributed by atoms with van der Waals surface area (Å²) in [5, 5.41) is 9.49. The molecule has 3 aromatic carbocycles. The van der Waals surface area contributed by atoms with Crippen molar-refractivity contribution in [2.24, 2.45) is 0 Å². The molecule has 0 fully saturated rings. The minimum Gasteiger partial charge on any atom is -0.383 e. The molecule has 0 atom stereocenters. The first-order chi connectivity index (χ1) is 16.1. The molecule has 7 heteroatoms. The lowest BCUT2D eigenvalue weighted by Gasteiger charge is -2.10. The third-order valence-electron chi connectivity index (χ3n) is 5.21. The van der Waals surface area contributed by atoms with Gasteiger partial charge in [-0.3, -0.25) is 4.79 Å². The number of H-pyrrole nitrogens is 1. The molecular formula is C26H26N4O3. The predicted octanol–water partition coefficient (Wildman–Crippen LogP) is 5.16. The number of nitrogens with one attached hydrogen (secondary N) is 4. The Kier molecular flexibility index (Phi) is 6.71. The molecular weight excluding hydrogens is 416 g/mol. The van der Waals surface area contributed by atoms with Crippen molar-refractivity contribution in [3.63, 3.8) is 0 Å². The average molecular weight is 443 g/mol. The summed E-state index contributed by atoms with van der Waals surface area (Å²) in [6.45, 7) is 2.76. The first-order valence-corrected chi connectivity index (χ1v) is 10.7. The summed E-state index contributed by atoms with van der Waals surface area (Å²) in [5.41, 5.74) is 5.05. The van der Waals surface area contributed by atoms with Crippen LogP contribution < -0.4 is 16.0 Å². The van der Waals surface area contributed by atoms with E-state index in [-0.39, 0.29) is 11.9 Å². The number of carbonyl (C=O) groups excluding carboxylic acids is 2. The SMILES string of the molecule is COCCNC(=O)c1[nH]c2c(NC(=O)Nc3ccccc3)cc(C)cc2c1-c1ccccc1. The third-order valence-corrected chi connectivity index (χ3v) is 5.21. The number of methoxy groups -OCH3 is 1. The molecule has 4 aromatic rings. The molecule has 1 aromatic heterocycles. The van der Waals surface area contributed by atoms with Gasteiger partial charge in [0, 0.05) is 30.3 Å². The normalized spacial score (nSPS) is 10.7. The number of aryl methyl sites for hydroxylation is 1. The molecule has 0 aliphatic carbocycles. The van der Waals surface area contributed by atoms with Gasteiger partial charge in [-0.05, 0) is 42.3 Å². The Morgan fingerprint density at radius 1 is 0.939 bits per heavy atom. The number of ether oxygens (including phenoxy) is 1. The van der Waals surface area contributed by atoms with E-state index in [4.69, 9.17) is 4.74 Å². The largest absolute Gasteiger partial charge is 0.383 e. The van der Waals surface area contributed by atoms with E-state index in [9.17, 15) is 9.59 Å². The topological polar surface area (TPSA) is 95.2 Å². The van der Waals surface area contributed by atoms with Crippen molar-refractivity contribution in [3.05, 3.63) is 84.1 Å². The molecule has 0 spiro atoms. The van der Waals surface area contributed by atoms with Crippen molar-refractivity contribution >= 4 is 34.2 Å². The van der Waals surface area contributed by atoms with Gasteiger partial charge >= 0.3 is 6.03 Å². The Morgan fingerprint density at radius 2 is 1.64 bits per heavy atom. The second-order valence-electron chi connectivity index (χ2n) is 7.67. The van der Waals surface area contributed by atoms with E-state index in [0.717, 1.165) is 22.1 Å². The number of urea groups is 1. The summed E-state index contributed by atoms with van der Waals surface area (Å²) in [5.74, 6) is -0.237. The van der Waals surface area contributed by atoms with Crippen molar-refractivity contribution in [1.29, 1.82) is 0 Å². The van der Waals surface area contributed by atoms with Crippen LogP contribution >= 0.6 is 0 Å². The fraction of sp³-hybridized carbons (Fsp3) is 0.154. The fourth-order valence-electron chi connectivity index (χ4n) is 3.78. The molecule has 33 heavy (non-hydrogen) atoms. The Balaban J connectivity index is 1.76. The van der Waals surface area contributed by atoms with Crippen LogP contribution in [0.1, 0.15) is 16.1 Å². The predicted molar refractivity (Wildman–Crippen MR) is 132 cm³/mol. The minimum atomic E-state index is -0.366. The molecule has 168 valence electrons. The number of rotatable bonds is 7. The molecule has 0 radical (unpaired) electrons. The van der Waals surface area contributed by atoms with Crippen LogP contribution in [0.2, 0.25) is 0 Å². The van der Waals surface area contributed by atoms with Crippen LogP contribution in [0.4, 0.5) is 16.2 Å². The summed E-state index contributed by atoms with van der Waals surface area (Å²) < 4.78 is 5.05. The Bertz CT molecular complexity index is 1270. The lowest BCUT2D eigenvalue weighted by atomic mass is 10.00. The third kappa shape index (κ3) is 5.05. The van der Waals surface area contributed by atoms with Crippen molar-refractivity contribution in [2.75, 3.05) is 30.9 Å². The van der Waals surface area contributed by atoms with Crippen molar-refractivity contribution in [1.82, 2.24) is 10.3 Å². The average Bonchev–Trinajstić information content (AvgIpc) is 3.20. The second-order valence-corrected chi connectivity index (χ2v) is 7.67. The smallest absolute Gasteiger partial charge is 0.323 e. The van der Waals surface area contributed by atoms with Crippen LogP contribution in [-0.4, -0.2) is 37.2 Å². The van der Waals surface area contributed by atoms with Gasteiger partial charge in [0.15, 0.2) is 0 Å². The van der Waals surface area contributed by atoms with E-state index in [2.05, 4.69) is 20.9 Å². The van der Waals surface area contributed by atoms with Gasteiger partial charge in [0.25, 0.3) is 5.91 Å². The van der Waals surface area contributed by atoms with Crippen LogP contribution in [0.15, 0.2) is 72.8 Å². The van der Waals surface area contributed by atoms with Gasteiger partial charge in [-0.25, -0.2) is 4.79 Å². The van der Waals surface area contributed by atoms with Crippen molar-refractivity contribution in [2.45, 2.75) is 6.92 Å². The molecule has 4 N–H and O–H groups in total. The zero-order chi connectivity index (χ0) is 23.2. The lowest BCUT2D eigenvalue weighted by Crippen LogP contribution is -2.27. The number of amides is 3. The highest BCUT2D eigenvalue weighted by Crippen LogP contribution is 2.36. The van der Waals surface area contributed by atoms with E-state index in [1.165, 1.54) is 0 Å². The number of carbonyl (C=O) groups is 2. The number of fused-ring (bicyclic) bond motifs is 1. The Hall–Kier alpha value is -4.10. The van der Waals surface area contributed by atoms with Gasteiger partial charge in [-0.2, -0.15) is 0 Å². The Labute approximate surface area is 192 Å². The standard InChI is InChI=1S/C26H26N4O3/c1-17-15-20-22(18-9-5-3-6-10-18)24(25(31)27-13-14-33-2)30-23(20)21(16-17)29-26(32)28-19-11-7-4-8-12-19/h3-12,15-16,30H,13-14H2,1-2H3,(H,27,31)(H2,28,29,32). The molecule has 7 nitrogen and oxygen atoms in total. The molecule has 3 amide bonds. The molecule has 0 aliphatic rings. The number of benzene rings is 3. The molecule has 0 aliphatic heterocycles.